The summed E-state index contributed by atoms with van der Waals surface area (Å²) >= 11 is 0. The van der Waals surface area contributed by atoms with E-state index in [9.17, 15) is 0 Å². The Morgan fingerprint density at radius 2 is 2.11 bits per heavy atom. The van der Waals surface area contributed by atoms with Crippen molar-refractivity contribution in [1.82, 2.24) is 5.32 Å². The summed E-state index contributed by atoms with van der Waals surface area (Å²) in [5.41, 5.74) is 1.17. The van der Waals surface area contributed by atoms with E-state index in [1.807, 2.05) is 12.1 Å². The number of methoxy groups -OCH3 is 2. The SMILES string of the molecule is CCC1CC1NC(C)c1cc(OC)ccc1OC. The maximum Gasteiger partial charge on any atom is 0.123 e. The lowest BCUT2D eigenvalue weighted by Gasteiger charge is -2.18. The average Bonchev–Trinajstić information content (AvgIpc) is 3.16. The van der Waals surface area contributed by atoms with E-state index in [0.29, 0.717) is 6.04 Å². The van der Waals surface area contributed by atoms with Crippen molar-refractivity contribution in [3.63, 3.8) is 0 Å². The molecule has 3 unspecified atom stereocenters. The van der Waals surface area contributed by atoms with Gasteiger partial charge in [0.2, 0.25) is 0 Å². The fourth-order valence-electron chi connectivity index (χ4n) is 2.49. The van der Waals surface area contributed by atoms with Crippen molar-refractivity contribution in [1.29, 1.82) is 0 Å². The molecule has 0 amide bonds. The minimum atomic E-state index is 0.289. The largest absolute Gasteiger partial charge is 0.497 e. The first-order valence-electron chi connectivity index (χ1n) is 6.67. The molecule has 1 aliphatic rings. The highest BCUT2D eigenvalue weighted by atomic mass is 16.5. The standard InChI is InChI=1S/C15H23NO2/c1-5-11-8-14(11)16-10(2)13-9-12(17-3)6-7-15(13)18-4/h6-7,9-11,14,16H,5,8H2,1-4H3. The highest BCUT2D eigenvalue weighted by Gasteiger charge is 2.36. The fourth-order valence-corrected chi connectivity index (χ4v) is 2.49. The minimum absolute atomic E-state index is 0.289. The summed E-state index contributed by atoms with van der Waals surface area (Å²) in [5, 5.41) is 3.66. The quantitative estimate of drug-likeness (QED) is 0.840. The Labute approximate surface area is 109 Å². The minimum Gasteiger partial charge on any atom is -0.497 e. The van der Waals surface area contributed by atoms with Crippen LogP contribution in [0.4, 0.5) is 0 Å². The number of benzene rings is 1. The molecule has 0 aliphatic heterocycles. The van der Waals surface area contributed by atoms with Crippen LogP contribution in [0, 0.1) is 5.92 Å². The van der Waals surface area contributed by atoms with Gasteiger partial charge in [-0.3, -0.25) is 0 Å². The first kappa shape index (κ1) is 13.2. The van der Waals surface area contributed by atoms with Gasteiger partial charge in [0, 0.05) is 17.6 Å². The molecule has 1 fully saturated rings. The zero-order valence-electron chi connectivity index (χ0n) is 11.7. The predicted octanol–water partition coefficient (Wildman–Crippen LogP) is 3.15. The lowest BCUT2D eigenvalue weighted by atomic mass is 10.1. The van der Waals surface area contributed by atoms with Crippen molar-refractivity contribution >= 4 is 0 Å². The molecular weight excluding hydrogens is 226 g/mol. The molecule has 100 valence electrons. The fraction of sp³-hybridized carbons (Fsp3) is 0.600. The maximum atomic E-state index is 5.43. The third-order valence-corrected chi connectivity index (χ3v) is 3.81. The second-order valence-electron chi connectivity index (χ2n) is 5.01. The third kappa shape index (κ3) is 2.78. The maximum absolute atomic E-state index is 5.43. The Bertz CT molecular complexity index is 405. The number of hydrogen-bond donors (Lipinski definition) is 1. The van der Waals surface area contributed by atoms with Crippen molar-refractivity contribution in [3.8, 4) is 11.5 Å². The van der Waals surface area contributed by atoms with E-state index in [2.05, 4.69) is 25.2 Å². The Morgan fingerprint density at radius 1 is 1.33 bits per heavy atom. The molecule has 1 aromatic rings. The van der Waals surface area contributed by atoms with Crippen LogP contribution in [0.3, 0.4) is 0 Å². The molecule has 3 nitrogen and oxygen atoms in total. The molecule has 1 saturated carbocycles. The van der Waals surface area contributed by atoms with Gasteiger partial charge in [0.05, 0.1) is 14.2 Å². The van der Waals surface area contributed by atoms with E-state index in [1.54, 1.807) is 14.2 Å². The van der Waals surface area contributed by atoms with Crippen molar-refractivity contribution in [2.24, 2.45) is 5.92 Å². The molecule has 1 aromatic carbocycles. The average molecular weight is 249 g/mol. The number of nitrogens with one attached hydrogen (secondary N) is 1. The lowest BCUT2D eigenvalue weighted by Crippen LogP contribution is -2.22. The summed E-state index contributed by atoms with van der Waals surface area (Å²) in [6.45, 7) is 4.44. The van der Waals surface area contributed by atoms with Crippen molar-refractivity contribution in [2.45, 2.75) is 38.8 Å². The van der Waals surface area contributed by atoms with Crippen LogP contribution in [0.25, 0.3) is 0 Å². The predicted molar refractivity (Wildman–Crippen MR) is 73.3 cm³/mol. The summed E-state index contributed by atoms with van der Waals surface area (Å²) in [6, 6.07) is 6.91. The smallest absolute Gasteiger partial charge is 0.123 e. The van der Waals surface area contributed by atoms with Gasteiger partial charge in [0.1, 0.15) is 11.5 Å². The third-order valence-electron chi connectivity index (χ3n) is 3.81. The summed E-state index contributed by atoms with van der Waals surface area (Å²) < 4.78 is 10.7. The monoisotopic (exact) mass is 249 g/mol. The Hall–Kier alpha value is -1.22. The van der Waals surface area contributed by atoms with Gasteiger partial charge in [-0.25, -0.2) is 0 Å². The topological polar surface area (TPSA) is 30.5 Å². The molecule has 2 rings (SSSR count). The van der Waals surface area contributed by atoms with Crippen molar-refractivity contribution in [2.75, 3.05) is 14.2 Å². The van der Waals surface area contributed by atoms with Crippen LogP contribution in [-0.4, -0.2) is 20.3 Å². The zero-order chi connectivity index (χ0) is 13.1. The van der Waals surface area contributed by atoms with E-state index in [4.69, 9.17) is 9.47 Å². The number of rotatable bonds is 6. The number of ether oxygens (including phenoxy) is 2. The molecule has 0 aromatic heterocycles. The van der Waals surface area contributed by atoms with Crippen molar-refractivity contribution in [3.05, 3.63) is 23.8 Å². The van der Waals surface area contributed by atoms with E-state index in [1.165, 1.54) is 18.4 Å². The molecule has 0 radical (unpaired) electrons. The second kappa shape index (κ2) is 5.61. The van der Waals surface area contributed by atoms with Crippen molar-refractivity contribution < 1.29 is 9.47 Å². The van der Waals surface area contributed by atoms with E-state index in [-0.39, 0.29) is 6.04 Å². The molecule has 3 heteroatoms. The van der Waals surface area contributed by atoms with Gasteiger partial charge in [-0.05, 0) is 37.5 Å². The van der Waals surface area contributed by atoms with Crippen LogP contribution >= 0.6 is 0 Å². The zero-order valence-corrected chi connectivity index (χ0v) is 11.7. The second-order valence-corrected chi connectivity index (χ2v) is 5.01. The molecule has 0 saturated heterocycles. The molecule has 1 aliphatic carbocycles. The lowest BCUT2D eigenvalue weighted by molar-refractivity contribution is 0.390. The normalized spacial score (nSPS) is 23.6. The van der Waals surface area contributed by atoms with Gasteiger partial charge in [0.25, 0.3) is 0 Å². The highest BCUT2D eigenvalue weighted by molar-refractivity contribution is 5.42. The molecular formula is C15H23NO2. The van der Waals surface area contributed by atoms with Gasteiger partial charge >= 0.3 is 0 Å². The van der Waals surface area contributed by atoms with Crippen LogP contribution in [0.1, 0.15) is 38.3 Å². The molecule has 18 heavy (non-hydrogen) atoms. The first-order chi connectivity index (χ1) is 8.69. The molecule has 0 bridgehead atoms. The van der Waals surface area contributed by atoms with Gasteiger partial charge in [-0.2, -0.15) is 0 Å². The Kier molecular flexibility index (Phi) is 4.12. The van der Waals surface area contributed by atoms with Gasteiger partial charge in [-0.1, -0.05) is 13.3 Å². The summed E-state index contributed by atoms with van der Waals surface area (Å²) in [5.74, 6) is 2.65. The highest BCUT2D eigenvalue weighted by Crippen LogP contribution is 2.37. The van der Waals surface area contributed by atoms with Crippen LogP contribution in [-0.2, 0) is 0 Å². The van der Waals surface area contributed by atoms with Gasteiger partial charge in [0.15, 0.2) is 0 Å². The van der Waals surface area contributed by atoms with Crippen LogP contribution in [0.15, 0.2) is 18.2 Å². The summed E-state index contributed by atoms with van der Waals surface area (Å²) in [6.07, 6.45) is 2.56. The molecule has 0 heterocycles. The summed E-state index contributed by atoms with van der Waals surface area (Å²) in [7, 11) is 3.40. The van der Waals surface area contributed by atoms with Crippen LogP contribution in [0.2, 0.25) is 0 Å². The van der Waals surface area contributed by atoms with Crippen LogP contribution < -0.4 is 14.8 Å². The van der Waals surface area contributed by atoms with Crippen LogP contribution in [0.5, 0.6) is 11.5 Å². The number of hydrogen-bond acceptors (Lipinski definition) is 3. The van der Waals surface area contributed by atoms with E-state index in [0.717, 1.165) is 17.4 Å². The molecule has 3 atom stereocenters. The Balaban J connectivity index is 2.10. The van der Waals surface area contributed by atoms with E-state index < -0.39 is 0 Å². The van der Waals surface area contributed by atoms with Gasteiger partial charge in [-0.15, -0.1) is 0 Å². The van der Waals surface area contributed by atoms with Gasteiger partial charge < -0.3 is 14.8 Å². The Morgan fingerprint density at radius 3 is 2.67 bits per heavy atom. The first-order valence-corrected chi connectivity index (χ1v) is 6.67. The molecule has 1 N–H and O–H groups in total. The van der Waals surface area contributed by atoms with E-state index >= 15 is 0 Å². The molecule has 0 spiro atoms. The summed E-state index contributed by atoms with van der Waals surface area (Å²) in [4.78, 5) is 0.